The first kappa shape index (κ1) is 20.5. The maximum absolute atomic E-state index is 12.4. The predicted octanol–water partition coefficient (Wildman–Crippen LogP) is 5.34. The summed E-state index contributed by atoms with van der Waals surface area (Å²) in [5, 5.41) is 6.40. The monoisotopic (exact) mass is 387 g/mol. The van der Waals surface area contributed by atoms with Crippen LogP contribution in [-0.2, 0) is 0 Å². The molecule has 1 amide bonds. The molecule has 3 aromatic rings. The number of nitrogen functional groups attached to an aromatic ring is 1. The van der Waals surface area contributed by atoms with Gasteiger partial charge in [0.15, 0.2) is 0 Å². The van der Waals surface area contributed by atoms with Crippen molar-refractivity contribution in [2.24, 2.45) is 0 Å². The number of para-hydroxylation sites is 2. The Balaban J connectivity index is 1.33. The van der Waals surface area contributed by atoms with Gasteiger partial charge in [-0.25, -0.2) is 0 Å². The van der Waals surface area contributed by atoms with Crippen LogP contribution in [0.5, 0.6) is 0 Å². The van der Waals surface area contributed by atoms with Crippen molar-refractivity contribution >= 4 is 17.3 Å². The standard InChI is InChI=1S/C25H29N3O/c26-23-15-6-7-16-24(23)27-17-8-1-2-9-18-28-25(29)22-14-10-13-21(19-22)20-11-4-3-5-12-20/h3-7,10-16,19,27H,1-2,8-9,17-18,26H2,(H,28,29). The van der Waals surface area contributed by atoms with Crippen molar-refractivity contribution in [1.29, 1.82) is 0 Å². The van der Waals surface area contributed by atoms with E-state index in [1.54, 1.807) is 0 Å². The molecule has 0 aliphatic heterocycles. The van der Waals surface area contributed by atoms with Gasteiger partial charge in [-0.2, -0.15) is 0 Å². The lowest BCUT2D eigenvalue weighted by Gasteiger charge is -2.09. The van der Waals surface area contributed by atoms with Crippen LogP contribution in [0.2, 0.25) is 0 Å². The van der Waals surface area contributed by atoms with Gasteiger partial charge in [-0.15, -0.1) is 0 Å². The number of hydrogen-bond donors (Lipinski definition) is 3. The summed E-state index contributed by atoms with van der Waals surface area (Å²) < 4.78 is 0. The van der Waals surface area contributed by atoms with Gasteiger partial charge in [0.1, 0.15) is 0 Å². The minimum Gasteiger partial charge on any atom is -0.397 e. The van der Waals surface area contributed by atoms with Crippen molar-refractivity contribution in [1.82, 2.24) is 5.32 Å². The Morgan fingerprint density at radius 1 is 0.724 bits per heavy atom. The van der Waals surface area contributed by atoms with Crippen molar-refractivity contribution in [3.8, 4) is 11.1 Å². The summed E-state index contributed by atoms with van der Waals surface area (Å²) in [4.78, 5) is 12.4. The number of carbonyl (C=O) groups excluding carboxylic acids is 1. The molecule has 0 bridgehead atoms. The number of nitrogens with two attached hydrogens (primary N) is 1. The SMILES string of the molecule is Nc1ccccc1NCCCCCCNC(=O)c1cccc(-c2ccccc2)c1. The molecule has 0 aliphatic rings. The van der Waals surface area contributed by atoms with E-state index in [0.717, 1.165) is 54.7 Å². The Morgan fingerprint density at radius 2 is 1.41 bits per heavy atom. The normalized spacial score (nSPS) is 10.5. The molecular weight excluding hydrogens is 358 g/mol. The zero-order valence-electron chi connectivity index (χ0n) is 16.7. The summed E-state index contributed by atoms with van der Waals surface area (Å²) in [5.74, 6) is -0.0102. The predicted molar refractivity (Wildman–Crippen MR) is 122 cm³/mol. The molecule has 4 heteroatoms. The van der Waals surface area contributed by atoms with Gasteiger partial charge in [0, 0.05) is 18.7 Å². The lowest BCUT2D eigenvalue weighted by molar-refractivity contribution is 0.0953. The highest BCUT2D eigenvalue weighted by Gasteiger charge is 2.06. The molecule has 0 heterocycles. The first-order valence-corrected chi connectivity index (χ1v) is 10.3. The minimum atomic E-state index is -0.0102. The van der Waals surface area contributed by atoms with Crippen LogP contribution in [-0.4, -0.2) is 19.0 Å². The number of nitrogens with one attached hydrogen (secondary N) is 2. The van der Waals surface area contributed by atoms with Gasteiger partial charge >= 0.3 is 0 Å². The third kappa shape index (κ3) is 6.39. The zero-order chi connectivity index (χ0) is 20.3. The quantitative estimate of drug-likeness (QED) is 0.325. The Morgan fingerprint density at radius 3 is 2.21 bits per heavy atom. The highest BCUT2D eigenvalue weighted by molar-refractivity contribution is 5.95. The average Bonchev–Trinajstić information content (AvgIpc) is 2.77. The van der Waals surface area contributed by atoms with E-state index < -0.39 is 0 Å². The number of anilines is 2. The van der Waals surface area contributed by atoms with E-state index in [9.17, 15) is 4.79 Å². The van der Waals surface area contributed by atoms with Gasteiger partial charge in [0.25, 0.3) is 5.91 Å². The van der Waals surface area contributed by atoms with Crippen molar-refractivity contribution in [3.05, 3.63) is 84.4 Å². The molecule has 0 aliphatic carbocycles. The molecule has 0 aromatic heterocycles. The van der Waals surface area contributed by atoms with Gasteiger partial charge in [0.2, 0.25) is 0 Å². The van der Waals surface area contributed by atoms with Gasteiger partial charge < -0.3 is 16.4 Å². The average molecular weight is 388 g/mol. The molecule has 0 atom stereocenters. The number of hydrogen-bond acceptors (Lipinski definition) is 3. The second-order valence-electron chi connectivity index (χ2n) is 7.13. The Bertz CT molecular complexity index is 909. The van der Waals surface area contributed by atoms with Crippen LogP contribution in [0.25, 0.3) is 11.1 Å². The van der Waals surface area contributed by atoms with E-state index >= 15 is 0 Å². The van der Waals surface area contributed by atoms with Gasteiger partial charge in [-0.3, -0.25) is 4.79 Å². The van der Waals surface area contributed by atoms with E-state index in [2.05, 4.69) is 22.8 Å². The fourth-order valence-corrected chi connectivity index (χ4v) is 3.26. The van der Waals surface area contributed by atoms with E-state index in [1.165, 1.54) is 0 Å². The van der Waals surface area contributed by atoms with Crippen LogP contribution >= 0.6 is 0 Å². The van der Waals surface area contributed by atoms with E-state index in [4.69, 9.17) is 5.73 Å². The molecule has 3 aromatic carbocycles. The summed E-state index contributed by atoms with van der Waals surface area (Å²) in [6, 6.07) is 25.7. The molecule has 4 N–H and O–H groups in total. The molecule has 3 rings (SSSR count). The van der Waals surface area contributed by atoms with E-state index in [-0.39, 0.29) is 5.91 Å². The fourth-order valence-electron chi connectivity index (χ4n) is 3.26. The summed E-state index contributed by atoms with van der Waals surface area (Å²) in [7, 11) is 0. The molecule has 4 nitrogen and oxygen atoms in total. The number of rotatable bonds is 10. The smallest absolute Gasteiger partial charge is 0.251 e. The molecule has 29 heavy (non-hydrogen) atoms. The third-order valence-corrected chi connectivity index (χ3v) is 4.90. The van der Waals surface area contributed by atoms with Crippen molar-refractivity contribution < 1.29 is 4.79 Å². The molecule has 0 radical (unpaired) electrons. The summed E-state index contributed by atoms with van der Waals surface area (Å²) in [6.07, 6.45) is 4.29. The van der Waals surface area contributed by atoms with Crippen molar-refractivity contribution in [3.63, 3.8) is 0 Å². The maximum Gasteiger partial charge on any atom is 0.251 e. The van der Waals surface area contributed by atoms with Crippen LogP contribution in [0.1, 0.15) is 36.0 Å². The molecule has 0 unspecified atom stereocenters. The molecule has 150 valence electrons. The maximum atomic E-state index is 12.4. The molecule has 0 saturated heterocycles. The molecular formula is C25H29N3O. The second-order valence-corrected chi connectivity index (χ2v) is 7.13. The van der Waals surface area contributed by atoms with Crippen LogP contribution in [0.3, 0.4) is 0 Å². The number of amides is 1. The fraction of sp³-hybridized carbons (Fsp3) is 0.240. The highest BCUT2D eigenvalue weighted by Crippen LogP contribution is 2.20. The van der Waals surface area contributed by atoms with Crippen molar-refractivity contribution in [2.45, 2.75) is 25.7 Å². The number of carbonyl (C=O) groups is 1. The van der Waals surface area contributed by atoms with Gasteiger partial charge in [0.05, 0.1) is 11.4 Å². The first-order valence-electron chi connectivity index (χ1n) is 10.3. The Labute approximate surface area is 173 Å². The zero-order valence-corrected chi connectivity index (χ0v) is 16.7. The van der Waals surface area contributed by atoms with Crippen LogP contribution < -0.4 is 16.4 Å². The molecule has 0 fully saturated rings. The number of benzene rings is 3. The Hall–Kier alpha value is -3.27. The topological polar surface area (TPSA) is 67.2 Å². The summed E-state index contributed by atoms with van der Waals surface area (Å²) >= 11 is 0. The lowest BCUT2D eigenvalue weighted by atomic mass is 10.0. The molecule has 0 saturated carbocycles. The highest BCUT2D eigenvalue weighted by atomic mass is 16.1. The van der Waals surface area contributed by atoms with Gasteiger partial charge in [-0.1, -0.05) is 67.4 Å². The minimum absolute atomic E-state index is 0.0102. The van der Waals surface area contributed by atoms with Crippen LogP contribution in [0.4, 0.5) is 11.4 Å². The molecule has 0 spiro atoms. The van der Waals surface area contributed by atoms with E-state index in [1.807, 2.05) is 66.7 Å². The van der Waals surface area contributed by atoms with E-state index in [0.29, 0.717) is 12.1 Å². The Kier molecular flexibility index (Phi) is 7.70. The third-order valence-electron chi connectivity index (χ3n) is 4.90. The number of unbranched alkanes of at least 4 members (excludes halogenated alkanes) is 3. The summed E-state index contributed by atoms with van der Waals surface area (Å²) in [6.45, 7) is 1.61. The second kappa shape index (κ2) is 10.9. The van der Waals surface area contributed by atoms with Crippen molar-refractivity contribution in [2.75, 3.05) is 24.1 Å². The van der Waals surface area contributed by atoms with Gasteiger partial charge in [-0.05, 0) is 48.2 Å². The lowest BCUT2D eigenvalue weighted by Crippen LogP contribution is -2.24. The summed E-state index contributed by atoms with van der Waals surface area (Å²) in [5.41, 5.74) is 10.6. The van der Waals surface area contributed by atoms with Crippen LogP contribution in [0.15, 0.2) is 78.9 Å². The first-order chi connectivity index (χ1) is 14.2. The largest absolute Gasteiger partial charge is 0.397 e. The van der Waals surface area contributed by atoms with Crippen LogP contribution in [0, 0.1) is 0 Å².